The molecular weight excluding hydrogens is 220 g/mol. The summed E-state index contributed by atoms with van der Waals surface area (Å²) >= 11 is 0. The molecule has 0 saturated carbocycles. The Labute approximate surface area is 100 Å². The van der Waals surface area contributed by atoms with E-state index in [0.29, 0.717) is 31.3 Å². The van der Waals surface area contributed by atoms with E-state index in [-0.39, 0.29) is 11.9 Å². The lowest BCUT2D eigenvalue weighted by atomic mass is 10.2. The van der Waals surface area contributed by atoms with Crippen LogP contribution >= 0.6 is 0 Å². The second kappa shape index (κ2) is 5.09. The molecule has 1 saturated heterocycles. The summed E-state index contributed by atoms with van der Waals surface area (Å²) < 4.78 is 5.30. The summed E-state index contributed by atoms with van der Waals surface area (Å²) in [7, 11) is 1.75. The van der Waals surface area contributed by atoms with Crippen LogP contribution in [0.15, 0.2) is 12.4 Å². The maximum Gasteiger partial charge on any atom is 0.274 e. The first-order chi connectivity index (χ1) is 8.22. The predicted molar refractivity (Wildman–Crippen MR) is 62.9 cm³/mol. The van der Waals surface area contributed by atoms with Gasteiger partial charge in [0.25, 0.3) is 5.91 Å². The minimum absolute atomic E-state index is 0.0799. The second-order valence-corrected chi connectivity index (χ2v) is 3.96. The van der Waals surface area contributed by atoms with Crippen molar-refractivity contribution < 1.29 is 9.53 Å². The number of carbonyl (C=O) groups excluding carboxylic acids is 1. The molecule has 6 heteroatoms. The molecule has 1 amide bonds. The average Bonchev–Trinajstić information content (AvgIpc) is 2.38. The fraction of sp³-hybridized carbons (Fsp3) is 0.545. The number of hydrogen-bond acceptors (Lipinski definition) is 5. The van der Waals surface area contributed by atoms with Crippen LogP contribution < -0.4 is 5.32 Å². The normalized spacial score (nSPS) is 20.1. The van der Waals surface area contributed by atoms with Gasteiger partial charge in [-0.2, -0.15) is 0 Å². The molecule has 1 fully saturated rings. The minimum Gasteiger partial charge on any atom is -0.377 e. The molecule has 92 valence electrons. The van der Waals surface area contributed by atoms with Gasteiger partial charge in [-0.15, -0.1) is 0 Å². The molecule has 0 aromatic carbocycles. The maximum atomic E-state index is 12.2. The zero-order valence-electron chi connectivity index (χ0n) is 10.0. The molecule has 6 nitrogen and oxygen atoms in total. The Morgan fingerprint density at radius 3 is 3.12 bits per heavy atom. The molecular formula is C11H16N4O2. The monoisotopic (exact) mass is 236 g/mol. The number of morpholine rings is 1. The van der Waals surface area contributed by atoms with Gasteiger partial charge >= 0.3 is 0 Å². The molecule has 17 heavy (non-hydrogen) atoms. The minimum atomic E-state index is -0.0922. The first kappa shape index (κ1) is 11.8. The molecule has 1 aliphatic heterocycles. The topological polar surface area (TPSA) is 67.4 Å². The highest BCUT2D eigenvalue weighted by Crippen LogP contribution is 2.11. The summed E-state index contributed by atoms with van der Waals surface area (Å²) in [4.78, 5) is 22.2. The number of ether oxygens (including phenoxy) is 1. The Morgan fingerprint density at radius 1 is 1.59 bits per heavy atom. The molecule has 2 heterocycles. The first-order valence-corrected chi connectivity index (χ1v) is 5.61. The molecule has 1 N–H and O–H groups in total. The predicted octanol–water partition coefficient (Wildman–Crippen LogP) is 0.379. The Morgan fingerprint density at radius 2 is 2.41 bits per heavy atom. The van der Waals surface area contributed by atoms with Gasteiger partial charge in [-0.1, -0.05) is 0 Å². The van der Waals surface area contributed by atoms with Crippen LogP contribution in [0, 0.1) is 0 Å². The van der Waals surface area contributed by atoms with Crippen LogP contribution in [0.1, 0.15) is 17.4 Å². The van der Waals surface area contributed by atoms with E-state index >= 15 is 0 Å². The van der Waals surface area contributed by atoms with Crippen molar-refractivity contribution in [1.82, 2.24) is 14.9 Å². The van der Waals surface area contributed by atoms with E-state index in [0.717, 1.165) is 0 Å². The highest BCUT2D eigenvalue weighted by Gasteiger charge is 2.25. The van der Waals surface area contributed by atoms with Gasteiger partial charge in [0.05, 0.1) is 31.6 Å². The van der Waals surface area contributed by atoms with Crippen molar-refractivity contribution in [3.8, 4) is 0 Å². The van der Waals surface area contributed by atoms with E-state index in [9.17, 15) is 4.79 Å². The summed E-state index contributed by atoms with van der Waals surface area (Å²) in [6.45, 7) is 3.72. The molecule has 0 bridgehead atoms. The third-order valence-corrected chi connectivity index (χ3v) is 2.74. The van der Waals surface area contributed by atoms with E-state index in [1.807, 2.05) is 6.92 Å². The van der Waals surface area contributed by atoms with Crippen molar-refractivity contribution in [1.29, 1.82) is 0 Å². The summed E-state index contributed by atoms with van der Waals surface area (Å²) in [6, 6.07) is 0.0799. The number of rotatable bonds is 2. The number of nitrogens with zero attached hydrogens (tertiary/aromatic N) is 3. The number of carbonyl (C=O) groups is 1. The van der Waals surface area contributed by atoms with E-state index < -0.39 is 0 Å². The lowest BCUT2D eigenvalue weighted by Gasteiger charge is -2.32. The smallest absolute Gasteiger partial charge is 0.274 e. The summed E-state index contributed by atoms with van der Waals surface area (Å²) in [5.41, 5.74) is 0.366. The fourth-order valence-electron chi connectivity index (χ4n) is 1.77. The lowest BCUT2D eigenvalue weighted by molar-refractivity contribution is 0.00325. The summed E-state index contributed by atoms with van der Waals surface area (Å²) in [5, 5.41) is 2.87. The van der Waals surface area contributed by atoms with Crippen molar-refractivity contribution in [3.05, 3.63) is 18.1 Å². The number of amides is 1. The van der Waals surface area contributed by atoms with Crippen LogP contribution in [0.5, 0.6) is 0 Å². The van der Waals surface area contributed by atoms with Gasteiger partial charge in [0.15, 0.2) is 0 Å². The molecule has 0 radical (unpaired) electrons. The van der Waals surface area contributed by atoms with E-state index in [4.69, 9.17) is 4.74 Å². The van der Waals surface area contributed by atoms with Crippen LogP contribution in [0.2, 0.25) is 0 Å². The highest BCUT2D eigenvalue weighted by atomic mass is 16.5. The molecule has 2 rings (SSSR count). The first-order valence-electron chi connectivity index (χ1n) is 5.61. The van der Waals surface area contributed by atoms with Crippen molar-refractivity contribution >= 4 is 11.7 Å². The fourth-order valence-corrected chi connectivity index (χ4v) is 1.77. The summed E-state index contributed by atoms with van der Waals surface area (Å²) in [5.74, 6) is 0.502. The van der Waals surface area contributed by atoms with Crippen molar-refractivity contribution in [2.45, 2.75) is 13.0 Å². The van der Waals surface area contributed by atoms with Gasteiger partial charge in [-0.05, 0) is 6.92 Å². The highest BCUT2D eigenvalue weighted by molar-refractivity contribution is 5.92. The Bertz CT molecular complexity index is 410. The second-order valence-electron chi connectivity index (χ2n) is 3.96. The SMILES string of the molecule is CNc1cncc(C(=O)N2CCOCC2C)n1. The van der Waals surface area contributed by atoms with E-state index in [1.54, 1.807) is 18.1 Å². The Hall–Kier alpha value is -1.69. The van der Waals surface area contributed by atoms with Gasteiger partial charge in [0, 0.05) is 13.6 Å². The lowest BCUT2D eigenvalue weighted by Crippen LogP contribution is -2.47. The molecule has 1 aliphatic rings. The van der Waals surface area contributed by atoms with Gasteiger partial charge in [0.2, 0.25) is 0 Å². The average molecular weight is 236 g/mol. The van der Waals surface area contributed by atoms with Crippen LogP contribution in [0.3, 0.4) is 0 Å². The van der Waals surface area contributed by atoms with Crippen molar-refractivity contribution in [2.24, 2.45) is 0 Å². The quantitative estimate of drug-likeness (QED) is 0.804. The van der Waals surface area contributed by atoms with Gasteiger partial charge in [-0.3, -0.25) is 9.78 Å². The standard InChI is InChI=1S/C11H16N4O2/c1-8-7-17-4-3-15(8)11(16)9-5-13-6-10(12-2)14-9/h5-6,8H,3-4,7H2,1-2H3,(H,12,14). The van der Waals surface area contributed by atoms with Crippen LogP contribution in [-0.4, -0.2) is 53.6 Å². The zero-order chi connectivity index (χ0) is 12.3. The number of hydrogen-bond donors (Lipinski definition) is 1. The summed E-state index contributed by atoms with van der Waals surface area (Å²) in [6.07, 6.45) is 3.07. The van der Waals surface area contributed by atoms with Crippen LogP contribution in [-0.2, 0) is 4.74 Å². The van der Waals surface area contributed by atoms with Gasteiger partial charge < -0.3 is 15.0 Å². The van der Waals surface area contributed by atoms with Crippen molar-refractivity contribution in [2.75, 3.05) is 32.1 Å². The Kier molecular flexibility index (Phi) is 3.53. The zero-order valence-corrected chi connectivity index (χ0v) is 10.0. The molecule has 1 aromatic heterocycles. The Balaban J connectivity index is 2.17. The van der Waals surface area contributed by atoms with Gasteiger partial charge in [-0.25, -0.2) is 4.98 Å². The third-order valence-electron chi connectivity index (χ3n) is 2.74. The molecule has 1 aromatic rings. The maximum absolute atomic E-state index is 12.2. The van der Waals surface area contributed by atoms with Crippen LogP contribution in [0.4, 0.5) is 5.82 Å². The van der Waals surface area contributed by atoms with E-state index in [1.165, 1.54) is 6.20 Å². The van der Waals surface area contributed by atoms with Crippen LogP contribution in [0.25, 0.3) is 0 Å². The van der Waals surface area contributed by atoms with Crippen molar-refractivity contribution in [3.63, 3.8) is 0 Å². The molecule has 0 aliphatic carbocycles. The molecule has 0 spiro atoms. The number of anilines is 1. The third kappa shape index (κ3) is 2.52. The van der Waals surface area contributed by atoms with E-state index in [2.05, 4.69) is 15.3 Å². The molecule has 1 atom stereocenters. The number of nitrogens with one attached hydrogen (secondary N) is 1. The number of aromatic nitrogens is 2. The van der Waals surface area contributed by atoms with Gasteiger partial charge in [0.1, 0.15) is 11.5 Å². The largest absolute Gasteiger partial charge is 0.377 e. The molecule has 1 unspecified atom stereocenters.